The number of hydrogen-bond donors (Lipinski definition) is 2. The Kier molecular flexibility index (Phi) is 5.61. The van der Waals surface area contributed by atoms with Gasteiger partial charge in [0.1, 0.15) is 5.75 Å². The highest BCUT2D eigenvalue weighted by molar-refractivity contribution is 5.95. The van der Waals surface area contributed by atoms with Crippen LogP contribution in [0.25, 0.3) is 0 Å². The molecule has 0 aliphatic heterocycles. The molecule has 1 aromatic carbocycles. The van der Waals surface area contributed by atoms with Crippen LogP contribution >= 0.6 is 0 Å². The van der Waals surface area contributed by atoms with Crippen LogP contribution in [0.3, 0.4) is 0 Å². The van der Waals surface area contributed by atoms with Gasteiger partial charge in [-0.25, -0.2) is 0 Å². The first-order chi connectivity index (χ1) is 8.58. The Morgan fingerprint density at radius 3 is 2.72 bits per heavy atom. The molecule has 1 aromatic rings. The van der Waals surface area contributed by atoms with E-state index in [2.05, 4.69) is 5.32 Å². The number of hydrogen-bond acceptors (Lipinski definition) is 4. The molecule has 1 amide bonds. The van der Waals surface area contributed by atoms with Gasteiger partial charge in [0.05, 0.1) is 12.7 Å². The number of carbonyl (C=O) groups excluding carboxylic acids is 1. The Hall–Kier alpha value is -1.59. The fourth-order valence-corrected chi connectivity index (χ4v) is 1.60. The number of benzene rings is 1. The third kappa shape index (κ3) is 4.01. The van der Waals surface area contributed by atoms with Crippen LogP contribution in [0.15, 0.2) is 18.2 Å². The van der Waals surface area contributed by atoms with E-state index in [1.807, 2.05) is 0 Å². The van der Waals surface area contributed by atoms with Crippen LogP contribution in [-0.4, -0.2) is 44.5 Å². The molecule has 0 aliphatic rings. The van der Waals surface area contributed by atoms with Crippen molar-refractivity contribution in [1.29, 1.82) is 0 Å². The van der Waals surface area contributed by atoms with Crippen LogP contribution in [0, 0.1) is 6.92 Å². The topological polar surface area (TPSA) is 67.8 Å². The van der Waals surface area contributed by atoms with E-state index in [-0.39, 0.29) is 17.8 Å². The SMILES string of the molecule is COCC(CNC(=O)c1ccc(O)cc1C)OC. The fourth-order valence-electron chi connectivity index (χ4n) is 1.60. The van der Waals surface area contributed by atoms with Gasteiger partial charge in [0.2, 0.25) is 0 Å². The van der Waals surface area contributed by atoms with Crippen LogP contribution < -0.4 is 5.32 Å². The molecule has 0 aliphatic carbocycles. The van der Waals surface area contributed by atoms with Crippen molar-refractivity contribution in [3.63, 3.8) is 0 Å². The second-order valence-corrected chi connectivity index (χ2v) is 4.02. The molecule has 1 atom stereocenters. The molecule has 0 spiro atoms. The van der Waals surface area contributed by atoms with Crippen LogP contribution in [0.5, 0.6) is 5.75 Å². The standard InChI is InChI=1S/C13H19NO4/c1-9-6-10(15)4-5-12(9)13(16)14-7-11(18-3)8-17-2/h4-6,11,15H,7-8H2,1-3H3,(H,14,16). The number of carbonyl (C=O) groups is 1. The second kappa shape index (κ2) is 6.98. The summed E-state index contributed by atoms with van der Waals surface area (Å²) in [5, 5.41) is 12.0. The van der Waals surface area contributed by atoms with E-state index in [9.17, 15) is 9.90 Å². The van der Waals surface area contributed by atoms with Gasteiger partial charge in [0.25, 0.3) is 5.91 Å². The molecular weight excluding hydrogens is 234 g/mol. The predicted molar refractivity (Wildman–Crippen MR) is 67.9 cm³/mol. The maximum atomic E-state index is 11.9. The average molecular weight is 253 g/mol. The number of phenolic OH excluding ortho intramolecular Hbond substituents is 1. The first kappa shape index (κ1) is 14.5. The first-order valence-corrected chi connectivity index (χ1v) is 5.68. The minimum atomic E-state index is -0.189. The lowest BCUT2D eigenvalue weighted by Crippen LogP contribution is -2.35. The van der Waals surface area contributed by atoms with Gasteiger partial charge in [-0.05, 0) is 30.7 Å². The highest BCUT2D eigenvalue weighted by Gasteiger charge is 2.12. The van der Waals surface area contributed by atoms with Gasteiger partial charge in [-0.1, -0.05) is 0 Å². The van der Waals surface area contributed by atoms with Gasteiger partial charge in [0, 0.05) is 26.3 Å². The van der Waals surface area contributed by atoms with Gasteiger partial charge in [-0.15, -0.1) is 0 Å². The molecule has 5 nitrogen and oxygen atoms in total. The highest BCUT2D eigenvalue weighted by atomic mass is 16.5. The van der Waals surface area contributed by atoms with Crippen molar-refractivity contribution in [1.82, 2.24) is 5.32 Å². The number of amides is 1. The zero-order valence-corrected chi connectivity index (χ0v) is 10.9. The first-order valence-electron chi connectivity index (χ1n) is 5.68. The van der Waals surface area contributed by atoms with Crippen LogP contribution in [0.1, 0.15) is 15.9 Å². The molecule has 0 heterocycles. The molecule has 5 heteroatoms. The number of aryl methyl sites for hydroxylation is 1. The summed E-state index contributed by atoms with van der Waals surface area (Å²) in [7, 11) is 3.15. The highest BCUT2D eigenvalue weighted by Crippen LogP contribution is 2.15. The summed E-state index contributed by atoms with van der Waals surface area (Å²) in [6.45, 7) is 2.58. The third-order valence-electron chi connectivity index (χ3n) is 2.63. The summed E-state index contributed by atoms with van der Waals surface area (Å²) in [5.74, 6) is -0.0381. The van der Waals surface area contributed by atoms with Crippen molar-refractivity contribution in [3.8, 4) is 5.75 Å². The lowest BCUT2D eigenvalue weighted by molar-refractivity contribution is 0.0285. The zero-order chi connectivity index (χ0) is 13.5. The molecular formula is C13H19NO4. The Labute approximate surface area is 107 Å². The molecule has 0 saturated heterocycles. The summed E-state index contributed by atoms with van der Waals surface area (Å²) in [4.78, 5) is 11.9. The smallest absolute Gasteiger partial charge is 0.251 e. The molecule has 0 fully saturated rings. The number of phenols is 1. The molecule has 0 radical (unpaired) electrons. The van der Waals surface area contributed by atoms with Gasteiger partial charge < -0.3 is 19.9 Å². The van der Waals surface area contributed by atoms with Gasteiger partial charge in [-0.3, -0.25) is 4.79 Å². The minimum absolute atomic E-state index is 0.151. The maximum absolute atomic E-state index is 11.9. The van der Waals surface area contributed by atoms with Crippen LogP contribution in [0.2, 0.25) is 0 Å². The van der Waals surface area contributed by atoms with E-state index in [1.54, 1.807) is 33.3 Å². The van der Waals surface area contributed by atoms with Crippen molar-refractivity contribution in [2.24, 2.45) is 0 Å². The monoisotopic (exact) mass is 253 g/mol. The van der Waals surface area contributed by atoms with Crippen molar-refractivity contribution in [2.45, 2.75) is 13.0 Å². The van der Waals surface area contributed by atoms with E-state index >= 15 is 0 Å². The lowest BCUT2D eigenvalue weighted by atomic mass is 10.1. The normalized spacial score (nSPS) is 12.2. The van der Waals surface area contributed by atoms with Crippen molar-refractivity contribution in [2.75, 3.05) is 27.4 Å². The minimum Gasteiger partial charge on any atom is -0.508 e. The predicted octanol–water partition coefficient (Wildman–Crippen LogP) is 1.09. The fraction of sp³-hybridized carbons (Fsp3) is 0.462. The number of aromatic hydroxyl groups is 1. The van der Waals surface area contributed by atoms with Crippen LogP contribution in [-0.2, 0) is 9.47 Å². The average Bonchev–Trinajstić information content (AvgIpc) is 2.34. The molecule has 0 aromatic heterocycles. The lowest BCUT2D eigenvalue weighted by Gasteiger charge is -2.15. The Balaban J connectivity index is 2.59. The Bertz CT molecular complexity index is 406. The number of methoxy groups -OCH3 is 2. The molecule has 2 N–H and O–H groups in total. The summed E-state index contributed by atoms with van der Waals surface area (Å²) < 4.78 is 10.1. The zero-order valence-electron chi connectivity index (χ0n) is 10.9. The summed E-state index contributed by atoms with van der Waals surface area (Å²) in [6.07, 6.45) is -0.170. The number of nitrogens with one attached hydrogen (secondary N) is 1. The molecule has 1 unspecified atom stereocenters. The van der Waals surface area contributed by atoms with Gasteiger partial charge in [-0.2, -0.15) is 0 Å². The number of ether oxygens (including phenoxy) is 2. The Morgan fingerprint density at radius 1 is 1.44 bits per heavy atom. The van der Waals surface area contributed by atoms with Gasteiger partial charge >= 0.3 is 0 Å². The van der Waals surface area contributed by atoms with E-state index in [1.165, 1.54) is 6.07 Å². The van der Waals surface area contributed by atoms with Crippen molar-refractivity contribution < 1.29 is 19.4 Å². The molecule has 1 rings (SSSR count). The number of rotatable bonds is 6. The van der Waals surface area contributed by atoms with Crippen LogP contribution in [0.4, 0.5) is 0 Å². The molecule has 18 heavy (non-hydrogen) atoms. The summed E-state index contributed by atoms with van der Waals surface area (Å²) >= 11 is 0. The largest absolute Gasteiger partial charge is 0.508 e. The van der Waals surface area contributed by atoms with E-state index < -0.39 is 0 Å². The maximum Gasteiger partial charge on any atom is 0.251 e. The third-order valence-corrected chi connectivity index (χ3v) is 2.63. The second-order valence-electron chi connectivity index (χ2n) is 4.02. The summed E-state index contributed by atoms with van der Waals surface area (Å²) in [6, 6.07) is 4.64. The quantitative estimate of drug-likeness (QED) is 0.796. The Morgan fingerprint density at radius 2 is 2.17 bits per heavy atom. The molecule has 0 saturated carbocycles. The molecule has 0 bridgehead atoms. The van der Waals surface area contributed by atoms with Gasteiger partial charge in [0.15, 0.2) is 0 Å². The van der Waals surface area contributed by atoms with E-state index in [0.29, 0.717) is 18.7 Å². The van der Waals surface area contributed by atoms with E-state index in [0.717, 1.165) is 5.56 Å². The molecule has 100 valence electrons. The van der Waals surface area contributed by atoms with Crippen molar-refractivity contribution in [3.05, 3.63) is 29.3 Å². The van der Waals surface area contributed by atoms with Crippen molar-refractivity contribution >= 4 is 5.91 Å². The van der Waals surface area contributed by atoms with E-state index in [4.69, 9.17) is 9.47 Å². The summed E-state index contributed by atoms with van der Waals surface area (Å²) in [5.41, 5.74) is 1.27.